The maximum Gasteiger partial charge on any atom is 0.282 e. The number of nitrogens with zero attached hydrogens (tertiary/aromatic N) is 1. The van der Waals surface area contributed by atoms with Gasteiger partial charge in [0.15, 0.2) is 0 Å². The van der Waals surface area contributed by atoms with Crippen LogP contribution >= 0.6 is 11.6 Å². The Balaban J connectivity index is 1.87. The van der Waals surface area contributed by atoms with Crippen LogP contribution in [0.5, 0.6) is 0 Å². The van der Waals surface area contributed by atoms with E-state index in [1.165, 1.54) is 0 Å². The summed E-state index contributed by atoms with van der Waals surface area (Å²) in [6, 6.07) is 20.2. The first kappa shape index (κ1) is 19.9. The van der Waals surface area contributed by atoms with Crippen LogP contribution in [0.15, 0.2) is 72.4 Å². The average molecular weight is 417 g/mol. The molecular weight excluding hydrogens is 396 g/mol. The van der Waals surface area contributed by atoms with Crippen molar-refractivity contribution in [2.45, 2.75) is 20.8 Å². The van der Waals surface area contributed by atoms with E-state index in [0.29, 0.717) is 21.8 Å². The van der Waals surface area contributed by atoms with Gasteiger partial charge in [-0.3, -0.25) is 9.59 Å². The van der Waals surface area contributed by atoms with E-state index in [9.17, 15) is 9.59 Å². The highest BCUT2D eigenvalue weighted by Gasteiger charge is 2.41. The van der Waals surface area contributed by atoms with Gasteiger partial charge in [-0.2, -0.15) is 0 Å². The number of carbonyl (C=O) groups is 2. The number of nitrogens with one attached hydrogen (secondary N) is 1. The van der Waals surface area contributed by atoms with Crippen molar-refractivity contribution in [3.05, 3.63) is 99.7 Å². The molecule has 1 aliphatic heterocycles. The lowest BCUT2D eigenvalue weighted by Crippen LogP contribution is -2.32. The minimum atomic E-state index is -0.426. The van der Waals surface area contributed by atoms with E-state index in [1.54, 1.807) is 24.3 Å². The molecule has 0 saturated carbocycles. The number of amides is 2. The Labute approximate surface area is 180 Å². The molecule has 0 radical (unpaired) electrons. The maximum atomic E-state index is 13.5. The molecule has 0 unspecified atom stereocenters. The topological polar surface area (TPSA) is 49.4 Å². The molecule has 150 valence electrons. The van der Waals surface area contributed by atoms with Gasteiger partial charge in [0.25, 0.3) is 11.8 Å². The number of benzene rings is 3. The fourth-order valence-corrected chi connectivity index (χ4v) is 3.73. The summed E-state index contributed by atoms with van der Waals surface area (Å²) in [4.78, 5) is 28.0. The fraction of sp³-hybridized carbons (Fsp3) is 0.120. The Morgan fingerprint density at radius 2 is 1.50 bits per heavy atom. The third-order valence-electron chi connectivity index (χ3n) is 5.38. The van der Waals surface area contributed by atoms with Crippen LogP contribution in [-0.2, 0) is 9.59 Å². The highest BCUT2D eigenvalue weighted by Crippen LogP contribution is 2.37. The number of imide groups is 1. The number of aryl methyl sites for hydroxylation is 2. The van der Waals surface area contributed by atoms with Gasteiger partial charge in [-0.05, 0) is 55.7 Å². The molecule has 0 aromatic heterocycles. The Morgan fingerprint density at radius 3 is 2.20 bits per heavy atom. The van der Waals surface area contributed by atoms with Crippen molar-refractivity contribution >= 4 is 40.4 Å². The molecule has 3 aromatic carbocycles. The van der Waals surface area contributed by atoms with Crippen LogP contribution in [-0.4, -0.2) is 11.8 Å². The van der Waals surface area contributed by atoms with Gasteiger partial charge in [-0.15, -0.1) is 0 Å². The summed E-state index contributed by atoms with van der Waals surface area (Å²) in [7, 11) is 0. The lowest BCUT2D eigenvalue weighted by molar-refractivity contribution is -0.120. The first-order chi connectivity index (χ1) is 14.4. The van der Waals surface area contributed by atoms with Crippen molar-refractivity contribution in [2.75, 3.05) is 10.2 Å². The van der Waals surface area contributed by atoms with Crippen LogP contribution in [0.1, 0.15) is 22.3 Å². The number of hydrogen-bond donors (Lipinski definition) is 1. The van der Waals surface area contributed by atoms with Gasteiger partial charge in [0.05, 0.1) is 16.3 Å². The van der Waals surface area contributed by atoms with E-state index in [1.807, 2.05) is 63.2 Å². The van der Waals surface area contributed by atoms with Crippen LogP contribution in [0.3, 0.4) is 0 Å². The second kappa shape index (κ2) is 7.81. The molecule has 1 aliphatic rings. The van der Waals surface area contributed by atoms with Crippen molar-refractivity contribution < 1.29 is 9.59 Å². The number of hydrogen-bond acceptors (Lipinski definition) is 3. The molecule has 4 rings (SSSR count). The highest BCUT2D eigenvalue weighted by molar-refractivity contribution is 6.48. The summed E-state index contributed by atoms with van der Waals surface area (Å²) < 4.78 is 0. The monoisotopic (exact) mass is 416 g/mol. The minimum absolute atomic E-state index is 0.248. The molecule has 1 heterocycles. The fourth-order valence-electron chi connectivity index (χ4n) is 3.51. The third-order valence-corrected chi connectivity index (χ3v) is 5.70. The molecule has 5 heteroatoms. The number of para-hydroxylation sites is 1. The standard InChI is InChI=1S/C25H21ClN2O2/c1-15-11-13-18(14-12-15)22-23(27-20-9-6-7-16(2)17(20)3)25(30)28(24(22)29)21-10-5-4-8-19(21)26/h4-14,27H,1-3H3. The Kier molecular flexibility index (Phi) is 5.18. The van der Waals surface area contributed by atoms with Crippen molar-refractivity contribution in [3.8, 4) is 0 Å². The van der Waals surface area contributed by atoms with E-state index in [2.05, 4.69) is 5.32 Å². The van der Waals surface area contributed by atoms with Gasteiger partial charge in [-0.25, -0.2) is 4.90 Å². The summed E-state index contributed by atoms with van der Waals surface area (Å²) in [6.07, 6.45) is 0. The zero-order chi connectivity index (χ0) is 21.4. The first-order valence-electron chi connectivity index (χ1n) is 9.66. The minimum Gasteiger partial charge on any atom is -0.350 e. The molecule has 3 aromatic rings. The molecule has 0 fully saturated rings. The number of halogens is 1. The van der Waals surface area contributed by atoms with Crippen LogP contribution in [0.4, 0.5) is 11.4 Å². The van der Waals surface area contributed by atoms with E-state index < -0.39 is 11.8 Å². The zero-order valence-corrected chi connectivity index (χ0v) is 17.7. The predicted molar refractivity (Wildman–Crippen MR) is 122 cm³/mol. The maximum absolute atomic E-state index is 13.5. The van der Waals surface area contributed by atoms with Gasteiger partial charge < -0.3 is 5.32 Å². The Hall–Kier alpha value is -3.37. The second-order valence-corrected chi connectivity index (χ2v) is 7.79. The summed E-state index contributed by atoms with van der Waals surface area (Å²) in [5.74, 6) is -0.825. The normalized spacial score (nSPS) is 13.9. The molecule has 0 spiro atoms. The largest absolute Gasteiger partial charge is 0.350 e. The van der Waals surface area contributed by atoms with E-state index in [-0.39, 0.29) is 5.70 Å². The van der Waals surface area contributed by atoms with Crippen LogP contribution in [0, 0.1) is 20.8 Å². The summed E-state index contributed by atoms with van der Waals surface area (Å²) in [5, 5.41) is 3.58. The predicted octanol–water partition coefficient (Wildman–Crippen LogP) is 5.66. The molecule has 0 aliphatic carbocycles. The van der Waals surface area contributed by atoms with Gasteiger partial charge in [0, 0.05) is 5.69 Å². The quantitative estimate of drug-likeness (QED) is 0.558. The lowest BCUT2D eigenvalue weighted by Gasteiger charge is -2.17. The van der Waals surface area contributed by atoms with Crippen molar-refractivity contribution in [1.29, 1.82) is 0 Å². The molecule has 0 bridgehead atoms. The molecule has 0 saturated heterocycles. The van der Waals surface area contributed by atoms with E-state index in [0.717, 1.165) is 27.3 Å². The second-order valence-electron chi connectivity index (χ2n) is 7.39. The number of carbonyl (C=O) groups excluding carboxylic acids is 2. The molecule has 1 N–H and O–H groups in total. The highest BCUT2D eigenvalue weighted by atomic mass is 35.5. The lowest BCUT2D eigenvalue weighted by atomic mass is 10.0. The molecule has 0 atom stereocenters. The molecular formula is C25H21ClN2O2. The molecule has 4 nitrogen and oxygen atoms in total. The average Bonchev–Trinajstić information content (AvgIpc) is 2.96. The summed E-state index contributed by atoms with van der Waals surface area (Å²) >= 11 is 6.32. The Morgan fingerprint density at radius 1 is 0.800 bits per heavy atom. The molecule has 30 heavy (non-hydrogen) atoms. The van der Waals surface area contributed by atoms with Crippen molar-refractivity contribution in [3.63, 3.8) is 0 Å². The third kappa shape index (κ3) is 3.40. The molecule has 2 amide bonds. The SMILES string of the molecule is Cc1ccc(C2=C(Nc3cccc(C)c3C)C(=O)N(c3ccccc3Cl)C2=O)cc1. The van der Waals surface area contributed by atoms with Gasteiger partial charge in [0.2, 0.25) is 0 Å². The van der Waals surface area contributed by atoms with Crippen molar-refractivity contribution in [2.24, 2.45) is 0 Å². The van der Waals surface area contributed by atoms with Crippen molar-refractivity contribution in [1.82, 2.24) is 0 Å². The van der Waals surface area contributed by atoms with Gasteiger partial charge in [-0.1, -0.05) is 65.7 Å². The first-order valence-corrected chi connectivity index (χ1v) is 10.0. The van der Waals surface area contributed by atoms with Crippen LogP contribution in [0.2, 0.25) is 5.02 Å². The van der Waals surface area contributed by atoms with E-state index in [4.69, 9.17) is 11.6 Å². The number of anilines is 2. The van der Waals surface area contributed by atoms with Crippen LogP contribution < -0.4 is 10.2 Å². The van der Waals surface area contributed by atoms with Gasteiger partial charge in [0.1, 0.15) is 5.70 Å². The Bertz CT molecular complexity index is 1200. The number of rotatable bonds is 4. The van der Waals surface area contributed by atoms with E-state index >= 15 is 0 Å². The zero-order valence-electron chi connectivity index (χ0n) is 17.0. The smallest absolute Gasteiger partial charge is 0.282 e. The van der Waals surface area contributed by atoms with Crippen LogP contribution in [0.25, 0.3) is 5.57 Å². The van der Waals surface area contributed by atoms with Gasteiger partial charge >= 0.3 is 0 Å². The summed E-state index contributed by atoms with van der Waals surface area (Å²) in [6.45, 7) is 5.97. The summed E-state index contributed by atoms with van der Waals surface area (Å²) in [5.41, 5.74) is 5.61.